The molecule has 0 spiro atoms. The minimum Gasteiger partial charge on any atom is -0.496 e. The Kier molecular flexibility index (Phi) is 4.93. The number of hydrogen-bond donors (Lipinski definition) is 0. The Labute approximate surface area is 131 Å². The number of rotatable bonds is 4. The van der Waals surface area contributed by atoms with Crippen LogP contribution in [0.5, 0.6) is 5.75 Å². The lowest BCUT2D eigenvalue weighted by atomic mass is 9.99. The number of esters is 1. The van der Waals surface area contributed by atoms with Crippen molar-refractivity contribution in [3.05, 3.63) is 53.6 Å². The first kappa shape index (κ1) is 16.9. The fraction of sp³-hybridized carbons (Fsp3) is 0.235. The standard InChI is InChI=1S/C17H15F3O3/c1-22-15-8-3-11(10-16(21)23-2)9-14(15)12-4-6-13(7-5-12)17(18,19)20/h3-9H,10H2,1-2H3. The van der Waals surface area contributed by atoms with Gasteiger partial charge in [-0.1, -0.05) is 18.2 Å². The number of methoxy groups -OCH3 is 2. The largest absolute Gasteiger partial charge is 0.496 e. The maximum atomic E-state index is 12.6. The lowest BCUT2D eigenvalue weighted by molar-refractivity contribution is -0.140. The summed E-state index contributed by atoms with van der Waals surface area (Å²) >= 11 is 0. The van der Waals surface area contributed by atoms with Gasteiger partial charge in [-0.25, -0.2) is 0 Å². The summed E-state index contributed by atoms with van der Waals surface area (Å²) in [6.45, 7) is 0. The first-order valence-electron chi connectivity index (χ1n) is 6.76. The zero-order valence-electron chi connectivity index (χ0n) is 12.6. The highest BCUT2D eigenvalue weighted by Gasteiger charge is 2.30. The van der Waals surface area contributed by atoms with E-state index in [1.54, 1.807) is 18.2 Å². The van der Waals surface area contributed by atoms with Gasteiger partial charge in [-0.15, -0.1) is 0 Å². The Morgan fingerprint density at radius 3 is 2.22 bits per heavy atom. The van der Waals surface area contributed by atoms with Crippen LogP contribution in [0.15, 0.2) is 42.5 Å². The first-order chi connectivity index (χ1) is 10.8. The van der Waals surface area contributed by atoms with Gasteiger partial charge in [0.15, 0.2) is 0 Å². The summed E-state index contributed by atoms with van der Waals surface area (Å²) in [6.07, 6.45) is -4.30. The molecule has 0 aliphatic heterocycles. The molecule has 0 bridgehead atoms. The molecule has 2 aromatic rings. The van der Waals surface area contributed by atoms with Crippen LogP contribution in [0.2, 0.25) is 0 Å². The van der Waals surface area contributed by atoms with E-state index in [-0.39, 0.29) is 6.42 Å². The van der Waals surface area contributed by atoms with Crippen LogP contribution >= 0.6 is 0 Å². The quantitative estimate of drug-likeness (QED) is 0.795. The first-order valence-corrected chi connectivity index (χ1v) is 6.76. The van der Waals surface area contributed by atoms with Gasteiger partial charge < -0.3 is 9.47 Å². The zero-order valence-corrected chi connectivity index (χ0v) is 12.6. The van der Waals surface area contributed by atoms with Crippen molar-refractivity contribution in [2.24, 2.45) is 0 Å². The molecule has 0 unspecified atom stereocenters. The van der Waals surface area contributed by atoms with Crippen LogP contribution in [0, 0.1) is 0 Å². The molecule has 0 aliphatic carbocycles. The van der Waals surface area contributed by atoms with E-state index < -0.39 is 17.7 Å². The average molecular weight is 324 g/mol. The Bertz CT molecular complexity index is 691. The van der Waals surface area contributed by atoms with Crippen LogP contribution in [0.25, 0.3) is 11.1 Å². The van der Waals surface area contributed by atoms with E-state index in [0.29, 0.717) is 22.4 Å². The molecule has 3 nitrogen and oxygen atoms in total. The summed E-state index contributed by atoms with van der Waals surface area (Å²) < 4.78 is 47.8. The summed E-state index contributed by atoms with van der Waals surface area (Å²) in [5, 5.41) is 0. The highest BCUT2D eigenvalue weighted by Crippen LogP contribution is 2.34. The highest BCUT2D eigenvalue weighted by molar-refractivity contribution is 5.76. The predicted octanol–water partition coefficient (Wildman–Crippen LogP) is 4.10. The maximum Gasteiger partial charge on any atom is 0.416 e. The van der Waals surface area contributed by atoms with Crippen molar-refractivity contribution in [2.75, 3.05) is 14.2 Å². The molecule has 0 atom stereocenters. The van der Waals surface area contributed by atoms with Gasteiger partial charge in [0.2, 0.25) is 0 Å². The molecule has 2 aromatic carbocycles. The van der Waals surface area contributed by atoms with Gasteiger partial charge in [0, 0.05) is 5.56 Å². The summed E-state index contributed by atoms with van der Waals surface area (Å²) in [7, 11) is 2.77. The molecule has 2 rings (SSSR count). The molecular weight excluding hydrogens is 309 g/mol. The maximum absolute atomic E-state index is 12.6. The number of alkyl halides is 3. The van der Waals surface area contributed by atoms with Crippen molar-refractivity contribution < 1.29 is 27.4 Å². The van der Waals surface area contributed by atoms with Crippen LogP contribution in [0.3, 0.4) is 0 Å². The van der Waals surface area contributed by atoms with E-state index in [0.717, 1.165) is 12.1 Å². The number of carbonyl (C=O) groups excluding carboxylic acids is 1. The number of ether oxygens (including phenoxy) is 2. The van der Waals surface area contributed by atoms with Crippen LogP contribution < -0.4 is 4.74 Å². The number of carbonyl (C=O) groups is 1. The fourth-order valence-corrected chi connectivity index (χ4v) is 2.17. The molecule has 0 aliphatic rings. The third kappa shape index (κ3) is 4.03. The average Bonchev–Trinajstić information content (AvgIpc) is 2.54. The zero-order chi connectivity index (χ0) is 17.0. The number of hydrogen-bond acceptors (Lipinski definition) is 3. The topological polar surface area (TPSA) is 35.5 Å². The van der Waals surface area contributed by atoms with Gasteiger partial charge in [0.05, 0.1) is 26.2 Å². The van der Waals surface area contributed by atoms with Crippen LogP contribution in [0.4, 0.5) is 13.2 Å². The van der Waals surface area contributed by atoms with Gasteiger partial charge >= 0.3 is 12.1 Å². The number of benzene rings is 2. The third-order valence-corrected chi connectivity index (χ3v) is 3.36. The number of halogens is 3. The van der Waals surface area contributed by atoms with Crippen molar-refractivity contribution in [1.82, 2.24) is 0 Å². The second-order valence-electron chi connectivity index (χ2n) is 4.86. The molecule has 0 fully saturated rings. The van der Waals surface area contributed by atoms with Gasteiger partial charge in [-0.05, 0) is 35.4 Å². The third-order valence-electron chi connectivity index (χ3n) is 3.36. The molecule has 122 valence electrons. The smallest absolute Gasteiger partial charge is 0.416 e. The van der Waals surface area contributed by atoms with E-state index in [2.05, 4.69) is 4.74 Å². The summed E-state index contributed by atoms with van der Waals surface area (Å²) in [6, 6.07) is 9.88. The van der Waals surface area contributed by atoms with E-state index in [1.807, 2.05) is 0 Å². The van der Waals surface area contributed by atoms with Gasteiger partial charge in [0.25, 0.3) is 0 Å². The highest BCUT2D eigenvalue weighted by atomic mass is 19.4. The van der Waals surface area contributed by atoms with Gasteiger partial charge in [-0.2, -0.15) is 13.2 Å². The predicted molar refractivity (Wildman–Crippen MR) is 79.2 cm³/mol. The summed E-state index contributed by atoms with van der Waals surface area (Å²) in [5.74, 6) is 0.118. The molecule has 0 saturated heterocycles. The van der Waals surface area contributed by atoms with E-state index in [4.69, 9.17) is 4.74 Å². The van der Waals surface area contributed by atoms with E-state index in [1.165, 1.54) is 26.4 Å². The molecule has 0 N–H and O–H groups in total. The SMILES string of the molecule is COC(=O)Cc1ccc(OC)c(-c2ccc(C(F)(F)F)cc2)c1. The minimum absolute atomic E-state index is 0.0775. The van der Waals surface area contributed by atoms with Crippen molar-refractivity contribution in [1.29, 1.82) is 0 Å². The van der Waals surface area contributed by atoms with E-state index in [9.17, 15) is 18.0 Å². The monoisotopic (exact) mass is 324 g/mol. The molecule has 6 heteroatoms. The van der Waals surface area contributed by atoms with Crippen molar-refractivity contribution >= 4 is 5.97 Å². The minimum atomic E-state index is -4.38. The van der Waals surface area contributed by atoms with Crippen LogP contribution in [-0.4, -0.2) is 20.2 Å². The second kappa shape index (κ2) is 6.73. The molecule has 0 saturated carbocycles. The molecule has 0 aromatic heterocycles. The molecule has 0 amide bonds. The Balaban J connectivity index is 2.40. The molecular formula is C17H15F3O3. The Morgan fingerprint density at radius 2 is 1.70 bits per heavy atom. The van der Waals surface area contributed by atoms with Crippen molar-refractivity contribution in [3.8, 4) is 16.9 Å². The van der Waals surface area contributed by atoms with Crippen LogP contribution in [-0.2, 0) is 22.1 Å². The molecule has 0 heterocycles. The fourth-order valence-electron chi connectivity index (χ4n) is 2.17. The Hall–Kier alpha value is -2.50. The second-order valence-corrected chi connectivity index (χ2v) is 4.86. The van der Waals surface area contributed by atoms with Gasteiger partial charge in [-0.3, -0.25) is 4.79 Å². The molecule has 23 heavy (non-hydrogen) atoms. The Morgan fingerprint density at radius 1 is 1.04 bits per heavy atom. The lowest BCUT2D eigenvalue weighted by Crippen LogP contribution is -2.05. The van der Waals surface area contributed by atoms with Gasteiger partial charge in [0.1, 0.15) is 5.75 Å². The summed E-state index contributed by atoms with van der Waals surface area (Å²) in [4.78, 5) is 11.4. The normalized spacial score (nSPS) is 11.2. The van der Waals surface area contributed by atoms with Crippen LogP contribution in [0.1, 0.15) is 11.1 Å². The molecule has 0 radical (unpaired) electrons. The lowest BCUT2D eigenvalue weighted by Gasteiger charge is -2.12. The summed E-state index contributed by atoms with van der Waals surface area (Å²) in [5.41, 5.74) is 1.16. The van der Waals surface area contributed by atoms with E-state index >= 15 is 0 Å². The van der Waals surface area contributed by atoms with Crippen molar-refractivity contribution in [3.63, 3.8) is 0 Å². The van der Waals surface area contributed by atoms with Crippen molar-refractivity contribution in [2.45, 2.75) is 12.6 Å².